The normalized spacial score (nSPS) is 11.3. The molecular weight excluding hydrogens is 320 g/mol. The number of ether oxygens (including phenoxy) is 1. The van der Waals surface area contributed by atoms with Crippen LogP contribution in [0.3, 0.4) is 0 Å². The molecule has 23 heavy (non-hydrogen) atoms. The zero-order valence-corrected chi connectivity index (χ0v) is 13.9. The van der Waals surface area contributed by atoms with Gasteiger partial charge in [-0.1, -0.05) is 0 Å². The highest BCUT2D eigenvalue weighted by molar-refractivity contribution is 8.03. The van der Waals surface area contributed by atoms with Crippen LogP contribution in [0.25, 0.3) is 0 Å². The van der Waals surface area contributed by atoms with E-state index in [2.05, 4.69) is 15.5 Å². The van der Waals surface area contributed by atoms with Crippen molar-refractivity contribution in [2.24, 2.45) is 5.73 Å². The SMILES string of the molecule is CNC(=O)c1n[nH]c(C(=O)/C=C(\C=O)SCCOCCN)c1C. The second kappa shape index (κ2) is 9.93. The van der Waals surface area contributed by atoms with Gasteiger partial charge in [0, 0.05) is 31.0 Å². The van der Waals surface area contributed by atoms with Crippen molar-refractivity contribution in [1.29, 1.82) is 0 Å². The lowest BCUT2D eigenvalue weighted by Crippen LogP contribution is -2.19. The number of amides is 1. The van der Waals surface area contributed by atoms with E-state index >= 15 is 0 Å². The number of nitrogens with two attached hydrogens (primary N) is 1. The number of hydrogen-bond donors (Lipinski definition) is 3. The van der Waals surface area contributed by atoms with Crippen LogP contribution in [0.4, 0.5) is 0 Å². The van der Waals surface area contributed by atoms with Crippen molar-refractivity contribution >= 4 is 29.7 Å². The maximum Gasteiger partial charge on any atom is 0.271 e. The summed E-state index contributed by atoms with van der Waals surface area (Å²) in [6, 6.07) is 0. The van der Waals surface area contributed by atoms with Crippen LogP contribution < -0.4 is 11.1 Å². The third kappa shape index (κ3) is 5.62. The smallest absolute Gasteiger partial charge is 0.271 e. The Morgan fingerprint density at radius 2 is 2.17 bits per heavy atom. The van der Waals surface area contributed by atoms with Crippen LogP contribution in [0.1, 0.15) is 26.5 Å². The Morgan fingerprint density at radius 1 is 1.43 bits per heavy atom. The Morgan fingerprint density at radius 3 is 2.78 bits per heavy atom. The van der Waals surface area contributed by atoms with Crippen LogP contribution >= 0.6 is 11.8 Å². The molecule has 8 nitrogen and oxygen atoms in total. The number of rotatable bonds is 10. The summed E-state index contributed by atoms with van der Waals surface area (Å²) in [6.45, 7) is 2.94. The molecule has 0 aromatic carbocycles. The van der Waals surface area contributed by atoms with Crippen molar-refractivity contribution in [3.05, 3.63) is 27.9 Å². The van der Waals surface area contributed by atoms with E-state index in [9.17, 15) is 14.4 Å². The zero-order valence-electron chi connectivity index (χ0n) is 13.0. The summed E-state index contributed by atoms with van der Waals surface area (Å²) in [5.41, 5.74) is 6.07. The largest absolute Gasteiger partial charge is 0.379 e. The minimum atomic E-state index is -0.414. The van der Waals surface area contributed by atoms with E-state index in [4.69, 9.17) is 10.5 Å². The minimum absolute atomic E-state index is 0.153. The van der Waals surface area contributed by atoms with Gasteiger partial charge in [-0.15, -0.1) is 11.8 Å². The maximum atomic E-state index is 12.2. The molecule has 1 aromatic rings. The number of allylic oxidation sites excluding steroid dienone is 2. The van der Waals surface area contributed by atoms with Crippen LogP contribution in [0, 0.1) is 6.92 Å². The average molecular weight is 340 g/mol. The van der Waals surface area contributed by atoms with Gasteiger partial charge in [-0.05, 0) is 6.92 Å². The van der Waals surface area contributed by atoms with Gasteiger partial charge in [-0.3, -0.25) is 19.5 Å². The van der Waals surface area contributed by atoms with Gasteiger partial charge in [0.05, 0.1) is 18.1 Å². The number of thioether (sulfide) groups is 1. The molecule has 9 heteroatoms. The van der Waals surface area contributed by atoms with E-state index in [0.717, 1.165) is 0 Å². The van der Waals surface area contributed by atoms with Crippen molar-refractivity contribution in [3.63, 3.8) is 0 Å². The van der Waals surface area contributed by atoms with Gasteiger partial charge in [0.25, 0.3) is 5.91 Å². The number of nitrogens with one attached hydrogen (secondary N) is 2. The predicted molar refractivity (Wildman–Crippen MR) is 87.5 cm³/mol. The van der Waals surface area contributed by atoms with Gasteiger partial charge in [0.15, 0.2) is 12.0 Å². The third-order valence-corrected chi connectivity index (χ3v) is 3.76. The lowest BCUT2D eigenvalue weighted by molar-refractivity contribution is -0.104. The van der Waals surface area contributed by atoms with E-state index in [1.807, 2.05) is 0 Å². The molecule has 1 amide bonds. The Balaban J connectivity index is 2.73. The first-order chi connectivity index (χ1) is 11.0. The number of H-pyrrole nitrogens is 1. The topological polar surface area (TPSA) is 127 Å². The standard InChI is InChI=1S/C14H20N4O4S/c1-9-12(17-18-13(9)14(21)16-2)11(20)7-10(8-19)23-6-5-22-4-3-15/h7-8H,3-6,15H2,1-2H3,(H,16,21)(H,17,18)/b10-7+. The monoisotopic (exact) mass is 340 g/mol. The number of carbonyl (C=O) groups excluding carboxylic acids is 3. The Kier molecular flexibility index (Phi) is 8.23. The highest BCUT2D eigenvalue weighted by Crippen LogP contribution is 2.16. The summed E-state index contributed by atoms with van der Waals surface area (Å²) >= 11 is 1.21. The molecular formula is C14H20N4O4S. The van der Waals surface area contributed by atoms with Gasteiger partial charge in [-0.25, -0.2) is 0 Å². The molecule has 1 heterocycles. The number of nitrogens with zero attached hydrogens (tertiary/aromatic N) is 1. The van der Waals surface area contributed by atoms with Crippen molar-refractivity contribution in [3.8, 4) is 0 Å². The number of hydrogen-bond acceptors (Lipinski definition) is 7. The molecule has 4 N–H and O–H groups in total. The number of aldehydes is 1. The molecule has 0 bridgehead atoms. The van der Waals surface area contributed by atoms with E-state index in [1.165, 1.54) is 24.9 Å². The molecule has 0 fully saturated rings. The Labute approximate surface area is 138 Å². The first-order valence-corrected chi connectivity index (χ1v) is 7.92. The number of carbonyl (C=O) groups is 3. The Bertz CT molecular complexity index is 598. The minimum Gasteiger partial charge on any atom is -0.379 e. The molecule has 0 atom stereocenters. The van der Waals surface area contributed by atoms with Crippen molar-refractivity contribution in [1.82, 2.24) is 15.5 Å². The highest BCUT2D eigenvalue weighted by Gasteiger charge is 2.19. The molecule has 0 radical (unpaired) electrons. The molecule has 126 valence electrons. The molecule has 0 aliphatic rings. The summed E-state index contributed by atoms with van der Waals surface area (Å²) in [6.07, 6.45) is 1.83. The number of ketones is 1. The van der Waals surface area contributed by atoms with Crippen LogP contribution in [0.15, 0.2) is 11.0 Å². The second-order valence-corrected chi connectivity index (χ2v) is 5.60. The highest BCUT2D eigenvalue weighted by atomic mass is 32.2. The summed E-state index contributed by atoms with van der Waals surface area (Å²) in [7, 11) is 1.48. The molecule has 0 spiro atoms. The number of aromatic amines is 1. The van der Waals surface area contributed by atoms with Crippen LogP contribution in [-0.2, 0) is 9.53 Å². The molecule has 0 unspecified atom stereocenters. The lowest BCUT2D eigenvalue weighted by atomic mass is 10.1. The fourth-order valence-corrected chi connectivity index (χ4v) is 2.39. The van der Waals surface area contributed by atoms with E-state index in [-0.39, 0.29) is 22.2 Å². The first kappa shape index (κ1) is 19.1. The molecule has 1 aromatic heterocycles. The predicted octanol–water partition coefficient (Wildman–Crippen LogP) is 0.0517. The Hall–Kier alpha value is -1.97. The molecule has 0 saturated carbocycles. The second-order valence-electron chi connectivity index (χ2n) is 4.43. The van der Waals surface area contributed by atoms with Gasteiger partial charge in [-0.2, -0.15) is 5.10 Å². The average Bonchev–Trinajstić information content (AvgIpc) is 2.94. The molecule has 0 saturated heterocycles. The van der Waals surface area contributed by atoms with Gasteiger partial charge in [0.1, 0.15) is 5.69 Å². The van der Waals surface area contributed by atoms with Gasteiger partial charge >= 0.3 is 0 Å². The van der Waals surface area contributed by atoms with Crippen molar-refractivity contribution in [2.75, 3.05) is 32.6 Å². The van der Waals surface area contributed by atoms with Gasteiger partial charge < -0.3 is 15.8 Å². The van der Waals surface area contributed by atoms with Crippen LogP contribution in [0.5, 0.6) is 0 Å². The fourth-order valence-electron chi connectivity index (χ4n) is 1.69. The quantitative estimate of drug-likeness (QED) is 0.238. The maximum absolute atomic E-state index is 12.2. The van der Waals surface area contributed by atoms with Crippen LogP contribution in [-0.4, -0.2) is 60.7 Å². The van der Waals surface area contributed by atoms with E-state index < -0.39 is 5.78 Å². The lowest BCUT2D eigenvalue weighted by Gasteiger charge is -2.02. The fraction of sp³-hybridized carbons (Fsp3) is 0.429. The molecule has 0 aliphatic carbocycles. The number of aromatic nitrogens is 2. The van der Waals surface area contributed by atoms with E-state index in [0.29, 0.717) is 37.4 Å². The summed E-state index contributed by atoms with van der Waals surface area (Å²) < 4.78 is 5.19. The summed E-state index contributed by atoms with van der Waals surface area (Å²) in [4.78, 5) is 35.1. The van der Waals surface area contributed by atoms with Gasteiger partial charge in [0.2, 0.25) is 5.78 Å². The van der Waals surface area contributed by atoms with Crippen molar-refractivity contribution < 1.29 is 19.1 Å². The zero-order chi connectivity index (χ0) is 17.2. The first-order valence-electron chi connectivity index (χ1n) is 6.94. The van der Waals surface area contributed by atoms with Crippen molar-refractivity contribution in [2.45, 2.75) is 6.92 Å². The van der Waals surface area contributed by atoms with Crippen LogP contribution in [0.2, 0.25) is 0 Å². The molecule has 1 rings (SSSR count). The molecule has 0 aliphatic heterocycles. The van der Waals surface area contributed by atoms with E-state index in [1.54, 1.807) is 6.92 Å². The summed E-state index contributed by atoms with van der Waals surface area (Å²) in [5.74, 6) is -0.269. The third-order valence-electron chi connectivity index (χ3n) is 2.85. The summed E-state index contributed by atoms with van der Waals surface area (Å²) in [5, 5.41) is 8.80.